The SMILES string of the molecule is CNCC(C)C(=O)Nc1cc(F)ccc1OCC1CCCO1. The van der Waals surface area contributed by atoms with Crippen LogP contribution in [-0.4, -0.2) is 38.8 Å². The molecular weight excluding hydrogens is 287 g/mol. The number of amides is 1. The van der Waals surface area contributed by atoms with E-state index in [4.69, 9.17) is 9.47 Å². The first-order valence-electron chi connectivity index (χ1n) is 7.59. The zero-order valence-electron chi connectivity index (χ0n) is 13.0. The molecule has 0 aromatic heterocycles. The Labute approximate surface area is 130 Å². The molecule has 0 aliphatic carbocycles. The molecule has 1 heterocycles. The van der Waals surface area contributed by atoms with Gasteiger partial charge in [-0.1, -0.05) is 6.92 Å². The summed E-state index contributed by atoms with van der Waals surface area (Å²) < 4.78 is 24.6. The molecule has 0 spiro atoms. The molecule has 1 aromatic rings. The van der Waals surface area contributed by atoms with Crippen LogP contribution < -0.4 is 15.4 Å². The molecular formula is C16H23FN2O3. The van der Waals surface area contributed by atoms with E-state index < -0.39 is 5.82 Å². The lowest BCUT2D eigenvalue weighted by molar-refractivity contribution is -0.119. The maximum absolute atomic E-state index is 13.4. The number of anilines is 1. The van der Waals surface area contributed by atoms with Crippen molar-refractivity contribution in [1.29, 1.82) is 0 Å². The number of ether oxygens (including phenoxy) is 2. The van der Waals surface area contributed by atoms with Gasteiger partial charge in [-0.15, -0.1) is 0 Å². The number of nitrogens with one attached hydrogen (secondary N) is 2. The van der Waals surface area contributed by atoms with Gasteiger partial charge in [-0.3, -0.25) is 4.79 Å². The number of halogens is 1. The lowest BCUT2D eigenvalue weighted by Crippen LogP contribution is -2.29. The number of hydrogen-bond donors (Lipinski definition) is 2. The normalized spacial score (nSPS) is 19.0. The minimum atomic E-state index is -0.416. The van der Waals surface area contributed by atoms with Crippen molar-refractivity contribution in [3.8, 4) is 5.75 Å². The van der Waals surface area contributed by atoms with Gasteiger partial charge in [0.15, 0.2) is 0 Å². The van der Waals surface area contributed by atoms with Crippen LogP contribution in [0.2, 0.25) is 0 Å². The van der Waals surface area contributed by atoms with Crippen LogP contribution in [0.5, 0.6) is 5.75 Å². The first-order valence-corrected chi connectivity index (χ1v) is 7.59. The van der Waals surface area contributed by atoms with Gasteiger partial charge >= 0.3 is 0 Å². The highest BCUT2D eigenvalue weighted by atomic mass is 19.1. The van der Waals surface area contributed by atoms with Crippen molar-refractivity contribution in [3.05, 3.63) is 24.0 Å². The number of carbonyl (C=O) groups excluding carboxylic acids is 1. The molecule has 1 fully saturated rings. The first kappa shape index (κ1) is 16.7. The van der Waals surface area contributed by atoms with E-state index in [2.05, 4.69) is 10.6 Å². The van der Waals surface area contributed by atoms with Gasteiger partial charge < -0.3 is 20.1 Å². The van der Waals surface area contributed by atoms with Gasteiger partial charge in [0.05, 0.1) is 11.8 Å². The van der Waals surface area contributed by atoms with Crippen LogP contribution in [0.1, 0.15) is 19.8 Å². The third kappa shape index (κ3) is 4.68. The molecule has 1 saturated heterocycles. The molecule has 2 rings (SSSR count). The quantitative estimate of drug-likeness (QED) is 0.810. The van der Waals surface area contributed by atoms with Crippen LogP contribution in [-0.2, 0) is 9.53 Å². The summed E-state index contributed by atoms with van der Waals surface area (Å²) in [6, 6.07) is 4.12. The highest BCUT2D eigenvalue weighted by Crippen LogP contribution is 2.27. The summed E-state index contributed by atoms with van der Waals surface area (Å²) in [6.45, 7) is 3.51. The van der Waals surface area contributed by atoms with Gasteiger partial charge in [-0.05, 0) is 32.0 Å². The summed E-state index contributed by atoms with van der Waals surface area (Å²) in [4.78, 5) is 12.1. The minimum Gasteiger partial charge on any atom is -0.489 e. The molecule has 1 amide bonds. The van der Waals surface area contributed by atoms with Crippen LogP contribution in [0.15, 0.2) is 18.2 Å². The second kappa shape index (κ2) is 8.10. The number of hydrogen-bond acceptors (Lipinski definition) is 4. The van der Waals surface area contributed by atoms with Gasteiger partial charge in [0.25, 0.3) is 0 Å². The predicted molar refractivity (Wildman–Crippen MR) is 82.6 cm³/mol. The number of rotatable bonds is 7. The van der Waals surface area contributed by atoms with Crippen molar-refractivity contribution in [3.63, 3.8) is 0 Å². The van der Waals surface area contributed by atoms with E-state index in [-0.39, 0.29) is 17.9 Å². The zero-order valence-corrected chi connectivity index (χ0v) is 13.0. The standard InChI is InChI=1S/C16H23FN2O3/c1-11(9-18-2)16(20)19-14-8-12(17)5-6-15(14)22-10-13-4-3-7-21-13/h5-6,8,11,13,18H,3-4,7,9-10H2,1-2H3,(H,19,20). The highest BCUT2D eigenvalue weighted by molar-refractivity contribution is 5.93. The molecule has 2 unspecified atom stereocenters. The Morgan fingerprint density at radius 2 is 2.36 bits per heavy atom. The average Bonchev–Trinajstić information content (AvgIpc) is 3.00. The monoisotopic (exact) mass is 310 g/mol. The molecule has 1 aromatic carbocycles. The third-order valence-electron chi connectivity index (χ3n) is 3.61. The van der Waals surface area contributed by atoms with E-state index in [0.717, 1.165) is 19.4 Å². The summed E-state index contributed by atoms with van der Waals surface area (Å²) in [5.74, 6) is -0.357. The van der Waals surface area contributed by atoms with Crippen molar-refractivity contribution >= 4 is 11.6 Å². The van der Waals surface area contributed by atoms with Crippen LogP contribution >= 0.6 is 0 Å². The van der Waals surface area contributed by atoms with Crippen LogP contribution in [0.4, 0.5) is 10.1 Å². The molecule has 1 aliphatic rings. The van der Waals surface area contributed by atoms with Gasteiger partial charge in [-0.25, -0.2) is 4.39 Å². The molecule has 122 valence electrons. The molecule has 5 nitrogen and oxygen atoms in total. The molecule has 22 heavy (non-hydrogen) atoms. The van der Waals surface area contributed by atoms with E-state index in [9.17, 15) is 9.18 Å². The molecule has 1 aliphatic heterocycles. The lowest BCUT2D eigenvalue weighted by atomic mass is 10.1. The van der Waals surface area contributed by atoms with Crippen molar-refractivity contribution in [2.75, 3.05) is 32.1 Å². The van der Waals surface area contributed by atoms with E-state index >= 15 is 0 Å². The van der Waals surface area contributed by atoms with Gasteiger partial charge in [0.2, 0.25) is 5.91 Å². The molecule has 2 N–H and O–H groups in total. The summed E-state index contributed by atoms with van der Waals surface area (Å²) in [5.41, 5.74) is 0.353. The van der Waals surface area contributed by atoms with Crippen LogP contribution in [0.3, 0.4) is 0 Å². The van der Waals surface area contributed by atoms with Gasteiger partial charge in [0, 0.05) is 25.1 Å². The topological polar surface area (TPSA) is 59.6 Å². The Morgan fingerprint density at radius 3 is 3.05 bits per heavy atom. The van der Waals surface area contributed by atoms with Crippen LogP contribution in [0.25, 0.3) is 0 Å². The largest absolute Gasteiger partial charge is 0.489 e. The molecule has 6 heteroatoms. The van der Waals surface area contributed by atoms with E-state index in [1.807, 2.05) is 0 Å². The molecule has 0 bridgehead atoms. The smallest absolute Gasteiger partial charge is 0.228 e. The third-order valence-corrected chi connectivity index (χ3v) is 3.61. The summed E-state index contributed by atoms with van der Waals surface area (Å²) in [5, 5.41) is 5.67. The summed E-state index contributed by atoms with van der Waals surface area (Å²) in [6.07, 6.45) is 2.06. The maximum atomic E-state index is 13.4. The Hall–Kier alpha value is -1.66. The maximum Gasteiger partial charge on any atom is 0.228 e. The summed E-state index contributed by atoms with van der Waals surface area (Å²) in [7, 11) is 1.78. The lowest BCUT2D eigenvalue weighted by Gasteiger charge is -2.17. The van der Waals surface area contributed by atoms with Gasteiger partial charge in [-0.2, -0.15) is 0 Å². The van der Waals surface area contributed by atoms with Crippen molar-refractivity contribution < 1.29 is 18.7 Å². The Balaban J connectivity index is 2.01. The molecule has 0 saturated carbocycles. The Bertz CT molecular complexity index is 504. The summed E-state index contributed by atoms with van der Waals surface area (Å²) >= 11 is 0. The minimum absolute atomic E-state index is 0.0665. The molecule has 0 radical (unpaired) electrons. The fraction of sp³-hybridized carbons (Fsp3) is 0.562. The fourth-order valence-electron chi connectivity index (χ4n) is 2.34. The number of carbonyl (C=O) groups is 1. The Kier molecular flexibility index (Phi) is 6.15. The van der Waals surface area contributed by atoms with Crippen molar-refractivity contribution in [1.82, 2.24) is 5.32 Å². The zero-order chi connectivity index (χ0) is 15.9. The fourth-order valence-corrected chi connectivity index (χ4v) is 2.34. The first-order chi connectivity index (χ1) is 10.6. The van der Waals surface area contributed by atoms with E-state index in [1.165, 1.54) is 18.2 Å². The average molecular weight is 310 g/mol. The Morgan fingerprint density at radius 1 is 1.55 bits per heavy atom. The van der Waals surface area contributed by atoms with Crippen molar-refractivity contribution in [2.24, 2.45) is 5.92 Å². The molecule has 2 atom stereocenters. The second-order valence-corrected chi connectivity index (χ2v) is 5.53. The van der Waals surface area contributed by atoms with Gasteiger partial charge in [0.1, 0.15) is 18.2 Å². The number of benzene rings is 1. The van der Waals surface area contributed by atoms with E-state index in [0.29, 0.717) is 24.6 Å². The van der Waals surface area contributed by atoms with Crippen LogP contribution in [0, 0.1) is 11.7 Å². The predicted octanol–water partition coefficient (Wildman–Crippen LogP) is 2.18. The van der Waals surface area contributed by atoms with E-state index in [1.54, 1.807) is 14.0 Å². The highest BCUT2D eigenvalue weighted by Gasteiger charge is 2.18. The second-order valence-electron chi connectivity index (χ2n) is 5.53. The van der Waals surface area contributed by atoms with Crippen molar-refractivity contribution in [2.45, 2.75) is 25.9 Å².